The normalized spacial score (nSPS) is 14.5. The van der Waals surface area contributed by atoms with Crippen molar-refractivity contribution in [1.82, 2.24) is 0 Å². The van der Waals surface area contributed by atoms with E-state index in [4.69, 9.17) is 0 Å². The van der Waals surface area contributed by atoms with Gasteiger partial charge in [-0.05, 0) is 24.3 Å². The molecule has 0 radical (unpaired) electrons. The predicted octanol–water partition coefficient (Wildman–Crippen LogP) is 3.97. The fourth-order valence-electron chi connectivity index (χ4n) is 0.662. The molecule has 0 aromatic heterocycles. The molecule has 0 atom stereocenters. The summed E-state index contributed by atoms with van der Waals surface area (Å²) in [6.45, 7) is 14.4. The fourth-order valence-corrected chi connectivity index (χ4v) is 0.662. The largest absolute Gasteiger partial charge is 0.265 e. The van der Waals surface area contributed by atoms with Gasteiger partial charge in [0.1, 0.15) is 0 Å². The Morgan fingerprint density at radius 1 is 1.38 bits per heavy atom. The van der Waals surface area contributed by atoms with Crippen molar-refractivity contribution in [2.45, 2.75) is 41.0 Å². The van der Waals surface area contributed by atoms with Gasteiger partial charge in [-0.3, -0.25) is 4.99 Å². The maximum absolute atomic E-state index is 4.42. The molecular weight excluding hydrogens is 158 g/mol. The minimum Gasteiger partial charge on any atom is -0.265 e. The molecule has 0 heterocycles. The molecule has 1 heteroatoms. The van der Waals surface area contributed by atoms with Gasteiger partial charge in [-0.15, -0.1) is 0 Å². The second kappa shape index (κ2) is 5.00. The van der Waals surface area contributed by atoms with E-state index < -0.39 is 0 Å². The minimum atomic E-state index is 0.163. The van der Waals surface area contributed by atoms with Gasteiger partial charge in [0.2, 0.25) is 0 Å². The summed E-state index contributed by atoms with van der Waals surface area (Å²) in [4.78, 5) is 4.42. The first-order chi connectivity index (χ1) is 5.91. The molecule has 0 aromatic carbocycles. The van der Waals surface area contributed by atoms with Gasteiger partial charge >= 0.3 is 0 Å². The van der Waals surface area contributed by atoms with Gasteiger partial charge in [-0.25, -0.2) is 0 Å². The highest BCUT2D eigenvalue weighted by Crippen LogP contribution is 2.16. The fraction of sp³-hybridized carbons (Fsp3) is 0.583. The third-order valence-electron chi connectivity index (χ3n) is 2.18. The third-order valence-corrected chi connectivity index (χ3v) is 2.18. The first-order valence-electron chi connectivity index (χ1n) is 4.78. The molecular formula is C12H21N. The van der Waals surface area contributed by atoms with Crippen molar-refractivity contribution in [2.75, 3.05) is 0 Å². The lowest BCUT2D eigenvalue weighted by Gasteiger charge is -2.17. The average molecular weight is 179 g/mol. The molecule has 0 saturated heterocycles. The van der Waals surface area contributed by atoms with E-state index >= 15 is 0 Å². The van der Waals surface area contributed by atoms with Crippen LogP contribution < -0.4 is 0 Å². The maximum Gasteiger partial charge on any atom is 0.0299 e. The number of allylic oxidation sites excluding steroid dienone is 2. The molecule has 0 aliphatic carbocycles. The van der Waals surface area contributed by atoms with Crippen molar-refractivity contribution in [3.05, 3.63) is 24.4 Å². The number of aliphatic imine (C=N–C) groups is 1. The zero-order valence-electron chi connectivity index (χ0n) is 9.52. The SMILES string of the molecule is C=C/C(=C\N=C(/C)C(C)(C)C)CC. The summed E-state index contributed by atoms with van der Waals surface area (Å²) in [6.07, 6.45) is 4.76. The molecule has 0 amide bonds. The van der Waals surface area contributed by atoms with Crippen LogP contribution in [0.1, 0.15) is 41.0 Å². The van der Waals surface area contributed by atoms with Crippen LogP contribution in [0.25, 0.3) is 0 Å². The lowest BCUT2D eigenvalue weighted by molar-refractivity contribution is 0.588. The number of hydrogen-bond donors (Lipinski definition) is 0. The van der Waals surface area contributed by atoms with E-state index in [1.54, 1.807) is 0 Å². The molecule has 1 nitrogen and oxygen atoms in total. The summed E-state index contributed by atoms with van der Waals surface area (Å²) in [6, 6.07) is 0. The number of rotatable bonds is 3. The van der Waals surface area contributed by atoms with E-state index in [1.807, 2.05) is 12.3 Å². The van der Waals surface area contributed by atoms with Crippen LogP contribution in [0.4, 0.5) is 0 Å². The van der Waals surface area contributed by atoms with Crippen molar-refractivity contribution < 1.29 is 0 Å². The minimum absolute atomic E-state index is 0.163. The van der Waals surface area contributed by atoms with Gasteiger partial charge < -0.3 is 0 Å². The summed E-state index contributed by atoms with van der Waals surface area (Å²) in [5, 5.41) is 0. The highest BCUT2D eigenvalue weighted by Gasteiger charge is 2.12. The summed E-state index contributed by atoms with van der Waals surface area (Å²) in [5.74, 6) is 0. The third kappa shape index (κ3) is 4.66. The summed E-state index contributed by atoms with van der Waals surface area (Å²) in [5.41, 5.74) is 2.50. The van der Waals surface area contributed by atoms with E-state index in [0.29, 0.717) is 0 Å². The molecule has 13 heavy (non-hydrogen) atoms. The van der Waals surface area contributed by atoms with Gasteiger partial charge in [-0.2, -0.15) is 0 Å². The van der Waals surface area contributed by atoms with E-state index in [0.717, 1.165) is 12.1 Å². The van der Waals surface area contributed by atoms with Crippen LogP contribution in [0.5, 0.6) is 0 Å². The van der Waals surface area contributed by atoms with Crippen LogP contribution in [0.3, 0.4) is 0 Å². The monoisotopic (exact) mass is 179 g/mol. The first kappa shape index (κ1) is 12.2. The van der Waals surface area contributed by atoms with Gasteiger partial charge in [-0.1, -0.05) is 40.3 Å². The van der Waals surface area contributed by atoms with E-state index in [-0.39, 0.29) is 5.41 Å². The van der Waals surface area contributed by atoms with E-state index in [9.17, 15) is 0 Å². The molecule has 0 saturated carbocycles. The van der Waals surface area contributed by atoms with Crippen molar-refractivity contribution in [2.24, 2.45) is 10.4 Å². The van der Waals surface area contributed by atoms with Gasteiger partial charge in [0.15, 0.2) is 0 Å². The molecule has 0 bridgehead atoms. The molecule has 0 rings (SSSR count). The predicted molar refractivity (Wildman–Crippen MR) is 61.1 cm³/mol. The van der Waals surface area contributed by atoms with E-state index in [2.05, 4.69) is 46.2 Å². The molecule has 0 aliphatic heterocycles. The topological polar surface area (TPSA) is 12.4 Å². The summed E-state index contributed by atoms with van der Waals surface area (Å²) < 4.78 is 0. The van der Waals surface area contributed by atoms with Gasteiger partial charge in [0.05, 0.1) is 0 Å². The smallest absolute Gasteiger partial charge is 0.0299 e. The molecule has 0 spiro atoms. The highest BCUT2D eigenvalue weighted by atomic mass is 14.7. The Kier molecular flexibility index (Phi) is 4.68. The standard InChI is InChI=1S/C12H21N/c1-7-11(8-2)9-13-10(3)12(4,5)6/h7,9H,1,8H2,2-6H3/b11-9+,13-10+. The molecule has 0 unspecified atom stereocenters. The van der Waals surface area contributed by atoms with E-state index in [1.165, 1.54) is 5.57 Å². The number of nitrogens with zero attached hydrogens (tertiary/aromatic N) is 1. The van der Waals surface area contributed by atoms with Gasteiger partial charge in [0, 0.05) is 11.9 Å². The second-order valence-corrected chi connectivity index (χ2v) is 4.23. The summed E-state index contributed by atoms with van der Waals surface area (Å²) in [7, 11) is 0. The Bertz CT molecular complexity index is 226. The second-order valence-electron chi connectivity index (χ2n) is 4.23. The molecule has 0 N–H and O–H groups in total. The Balaban J connectivity index is 4.58. The Morgan fingerprint density at radius 3 is 2.23 bits per heavy atom. The van der Waals surface area contributed by atoms with Crippen LogP contribution >= 0.6 is 0 Å². The van der Waals surface area contributed by atoms with Gasteiger partial charge in [0.25, 0.3) is 0 Å². The van der Waals surface area contributed by atoms with Crippen LogP contribution in [-0.2, 0) is 0 Å². The van der Waals surface area contributed by atoms with Crippen LogP contribution in [-0.4, -0.2) is 5.71 Å². The number of hydrogen-bond acceptors (Lipinski definition) is 1. The Morgan fingerprint density at radius 2 is 1.92 bits per heavy atom. The Labute approximate surface area is 82.3 Å². The average Bonchev–Trinajstić information content (AvgIpc) is 2.04. The molecule has 0 aliphatic rings. The Hall–Kier alpha value is -0.850. The summed E-state index contributed by atoms with van der Waals surface area (Å²) >= 11 is 0. The first-order valence-corrected chi connectivity index (χ1v) is 4.78. The quantitative estimate of drug-likeness (QED) is 0.459. The highest BCUT2D eigenvalue weighted by molar-refractivity contribution is 5.87. The molecule has 0 aromatic rings. The molecule has 0 fully saturated rings. The van der Waals surface area contributed by atoms with Crippen LogP contribution in [0, 0.1) is 5.41 Å². The molecule has 74 valence electrons. The van der Waals surface area contributed by atoms with Crippen LogP contribution in [0.15, 0.2) is 29.4 Å². The maximum atomic E-state index is 4.42. The van der Waals surface area contributed by atoms with Crippen LogP contribution in [0.2, 0.25) is 0 Å². The lowest BCUT2D eigenvalue weighted by Crippen LogP contribution is -2.16. The van der Waals surface area contributed by atoms with Crippen molar-refractivity contribution in [1.29, 1.82) is 0 Å². The lowest BCUT2D eigenvalue weighted by atomic mass is 9.91. The zero-order chi connectivity index (χ0) is 10.5. The van der Waals surface area contributed by atoms with Crippen molar-refractivity contribution in [3.8, 4) is 0 Å². The van der Waals surface area contributed by atoms with Crippen molar-refractivity contribution >= 4 is 5.71 Å². The van der Waals surface area contributed by atoms with Crippen molar-refractivity contribution in [3.63, 3.8) is 0 Å². The zero-order valence-corrected chi connectivity index (χ0v) is 9.52.